The Kier molecular flexibility index (Phi) is 6.43. The Hall–Kier alpha value is -2.29. The van der Waals surface area contributed by atoms with Crippen LogP contribution in [0.25, 0.3) is 0 Å². The van der Waals surface area contributed by atoms with Crippen molar-refractivity contribution in [2.24, 2.45) is 0 Å². The van der Waals surface area contributed by atoms with Gasteiger partial charge in [0.2, 0.25) is 10.0 Å². The number of halogens is 1. The highest BCUT2D eigenvalue weighted by Crippen LogP contribution is 2.22. The van der Waals surface area contributed by atoms with Crippen LogP contribution in [-0.4, -0.2) is 56.8 Å². The number of nitrogens with zero attached hydrogens (tertiary/aromatic N) is 2. The summed E-state index contributed by atoms with van der Waals surface area (Å²) in [6.45, 7) is 1.19. The lowest BCUT2D eigenvalue weighted by molar-refractivity contribution is -0.142. The first-order valence-electron chi connectivity index (χ1n) is 9.06. The second kappa shape index (κ2) is 8.81. The molecule has 1 saturated heterocycles. The van der Waals surface area contributed by atoms with Gasteiger partial charge in [0, 0.05) is 33.3 Å². The van der Waals surface area contributed by atoms with Gasteiger partial charge in [-0.3, -0.25) is 4.79 Å². The predicted octanol–water partition coefficient (Wildman–Crippen LogP) is 2.44. The quantitative estimate of drug-likeness (QED) is 0.765. The zero-order valence-electron chi connectivity index (χ0n) is 15.6. The molecule has 0 spiro atoms. The highest BCUT2D eigenvalue weighted by Gasteiger charge is 2.31. The molecule has 1 fully saturated rings. The third-order valence-corrected chi connectivity index (χ3v) is 6.69. The Bertz CT molecular complexity index is 904. The van der Waals surface area contributed by atoms with Crippen LogP contribution in [-0.2, 0) is 19.6 Å². The van der Waals surface area contributed by atoms with Crippen LogP contribution in [0.4, 0.5) is 4.39 Å². The third kappa shape index (κ3) is 4.40. The standard InChI is InChI=1S/C20H23FN2O4S/c1-27-19(16-6-3-2-4-7-16)20(24)22-12-5-13-23(15-14-22)28(25,26)18-10-8-17(21)9-11-18/h2-4,6-11,19H,5,12-15H2,1H3. The van der Waals surface area contributed by atoms with E-state index in [0.717, 1.165) is 17.7 Å². The zero-order chi connectivity index (χ0) is 20.1. The van der Waals surface area contributed by atoms with Crippen molar-refractivity contribution in [1.29, 1.82) is 0 Å². The van der Waals surface area contributed by atoms with Gasteiger partial charge < -0.3 is 9.64 Å². The van der Waals surface area contributed by atoms with E-state index in [1.807, 2.05) is 30.3 Å². The van der Waals surface area contributed by atoms with Gasteiger partial charge in [-0.2, -0.15) is 4.31 Å². The Morgan fingerprint density at radius 2 is 1.68 bits per heavy atom. The minimum absolute atomic E-state index is 0.0488. The molecule has 2 aromatic carbocycles. The smallest absolute Gasteiger partial charge is 0.256 e. The van der Waals surface area contributed by atoms with Crippen molar-refractivity contribution in [2.45, 2.75) is 17.4 Å². The van der Waals surface area contributed by atoms with Crippen LogP contribution in [0.2, 0.25) is 0 Å². The van der Waals surface area contributed by atoms with E-state index in [1.165, 1.54) is 23.5 Å². The first-order chi connectivity index (χ1) is 13.4. The fraction of sp³-hybridized carbons (Fsp3) is 0.350. The Labute approximate surface area is 164 Å². The van der Waals surface area contributed by atoms with Gasteiger partial charge in [-0.15, -0.1) is 0 Å². The summed E-state index contributed by atoms with van der Waals surface area (Å²) in [5.74, 6) is -0.673. The topological polar surface area (TPSA) is 66.9 Å². The summed E-state index contributed by atoms with van der Waals surface area (Å²) in [5.41, 5.74) is 0.759. The molecule has 1 heterocycles. The van der Waals surface area contributed by atoms with Crippen molar-refractivity contribution in [1.82, 2.24) is 9.21 Å². The van der Waals surface area contributed by atoms with Crippen molar-refractivity contribution in [2.75, 3.05) is 33.3 Å². The first kappa shape index (κ1) is 20.4. The van der Waals surface area contributed by atoms with E-state index in [0.29, 0.717) is 19.5 Å². The molecule has 1 aliphatic heterocycles. The maximum Gasteiger partial charge on any atom is 0.256 e. The lowest BCUT2D eigenvalue weighted by Gasteiger charge is -2.26. The molecule has 28 heavy (non-hydrogen) atoms. The average molecular weight is 406 g/mol. The molecule has 8 heteroatoms. The number of ether oxygens (including phenoxy) is 1. The summed E-state index contributed by atoms with van der Waals surface area (Å²) in [6.07, 6.45) is -0.210. The number of methoxy groups -OCH3 is 1. The fourth-order valence-electron chi connectivity index (χ4n) is 3.28. The van der Waals surface area contributed by atoms with Gasteiger partial charge in [-0.1, -0.05) is 30.3 Å². The van der Waals surface area contributed by atoms with Crippen LogP contribution < -0.4 is 0 Å². The lowest BCUT2D eigenvalue weighted by Crippen LogP contribution is -2.39. The van der Waals surface area contributed by atoms with E-state index in [9.17, 15) is 17.6 Å². The van der Waals surface area contributed by atoms with Crippen molar-refractivity contribution in [3.05, 3.63) is 66.0 Å². The van der Waals surface area contributed by atoms with Gasteiger partial charge in [0.15, 0.2) is 6.10 Å². The number of amides is 1. The van der Waals surface area contributed by atoms with Crippen LogP contribution >= 0.6 is 0 Å². The molecule has 0 saturated carbocycles. The fourth-order valence-corrected chi connectivity index (χ4v) is 4.75. The molecule has 0 bridgehead atoms. The molecule has 0 radical (unpaired) electrons. The largest absolute Gasteiger partial charge is 0.367 e. The van der Waals surface area contributed by atoms with Gasteiger partial charge in [0.1, 0.15) is 5.82 Å². The zero-order valence-corrected chi connectivity index (χ0v) is 16.4. The number of rotatable bonds is 5. The van der Waals surface area contributed by atoms with Crippen molar-refractivity contribution in [3.8, 4) is 0 Å². The SMILES string of the molecule is COC(C(=O)N1CCCN(S(=O)(=O)c2ccc(F)cc2)CC1)c1ccccc1. The molecule has 1 amide bonds. The van der Waals surface area contributed by atoms with E-state index in [2.05, 4.69) is 0 Å². The lowest BCUT2D eigenvalue weighted by atomic mass is 10.1. The van der Waals surface area contributed by atoms with Crippen LogP contribution in [0.5, 0.6) is 0 Å². The molecule has 3 rings (SSSR count). The minimum Gasteiger partial charge on any atom is -0.367 e. The van der Waals surface area contributed by atoms with E-state index in [4.69, 9.17) is 4.74 Å². The molecule has 0 aromatic heterocycles. The van der Waals surface area contributed by atoms with E-state index >= 15 is 0 Å². The van der Waals surface area contributed by atoms with Crippen LogP contribution in [0.15, 0.2) is 59.5 Å². The highest BCUT2D eigenvalue weighted by molar-refractivity contribution is 7.89. The Morgan fingerprint density at radius 1 is 1.00 bits per heavy atom. The van der Waals surface area contributed by atoms with Gasteiger partial charge in [-0.05, 0) is 36.2 Å². The van der Waals surface area contributed by atoms with Gasteiger partial charge in [0.25, 0.3) is 5.91 Å². The first-order valence-corrected chi connectivity index (χ1v) is 10.5. The Balaban J connectivity index is 1.72. The molecule has 1 unspecified atom stereocenters. The summed E-state index contributed by atoms with van der Waals surface area (Å²) in [7, 11) is -2.25. The van der Waals surface area contributed by atoms with Gasteiger partial charge >= 0.3 is 0 Å². The normalized spacial score (nSPS) is 17.1. The molecule has 2 aromatic rings. The average Bonchev–Trinajstić information content (AvgIpc) is 2.96. The summed E-state index contributed by atoms with van der Waals surface area (Å²) in [5, 5.41) is 0. The molecule has 0 N–H and O–H groups in total. The monoisotopic (exact) mass is 406 g/mol. The van der Waals surface area contributed by atoms with Crippen molar-refractivity contribution < 1.29 is 22.3 Å². The molecule has 1 atom stereocenters. The van der Waals surface area contributed by atoms with E-state index < -0.39 is 21.9 Å². The second-order valence-electron chi connectivity index (χ2n) is 6.56. The minimum atomic E-state index is -3.73. The Morgan fingerprint density at radius 3 is 2.32 bits per heavy atom. The molecule has 0 aliphatic carbocycles. The predicted molar refractivity (Wildman–Crippen MR) is 103 cm³/mol. The number of benzene rings is 2. The number of carbonyl (C=O) groups excluding carboxylic acids is 1. The summed E-state index contributed by atoms with van der Waals surface area (Å²) >= 11 is 0. The summed E-state index contributed by atoms with van der Waals surface area (Å²) in [6, 6.07) is 14.0. The molecular weight excluding hydrogens is 383 g/mol. The van der Waals surface area contributed by atoms with E-state index in [-0.39, 0.29) is 23.9 Å². The number of carbonyl (C=O) groups is 1. The maximum absolute atomic E-state index is 13.1. The van der Waals surface area contributed by atoms with Crippen LogP contribution in [0, 0.1) is 5.82 Å². The van der Waals surface area contributed by atoms with Gasteiger partial charge in [-0.25, -0.2) is 12.8 Å². The number of hydrogen-bond acceptors (Lipinski definition) is 4. The summed E-state index contributed by atoms with van der Waals surface area (Å²) < 4.78 is 45.5. The van der Waals surface area contributed by atoms with Crippen molar-refractivity contribution >= 4 is 15.9 Å². The summed E-state index contributed by atoms with van der Waals surface area (Å²) in [4.78, 5) is 14.6. The van der Waals surface area contributed by atoms with E-state index in [1.54, 1.807) is 4.90 Å². The van der Waals surface area contributed by atoms with Crippen LogP contribution in [0.1, 0.15) is 18.1 Å². The maximum atomic E-state index is 13.1. The van der Waals surface area contributed by atoms with Crippen molar-refractivity contribution in [3.63, 3.8) is 0 Å². The third-order valence-electron chi connectivity index (χ3n) is 4.78. The van der Waals surface area contributed by atoms with Crippen LogP contribution in [0.3, 0.4) is 0 Å². The highest BCUT2D eigenvalue weighted by atomic mass is 32.2. The second-order valence-corrected chi connectivity index (χ2v) is 8.50. The number of sulfonamides is 1. The van der Waals surface area contributed by atoms with Gasteiger partial charge in [0.05, 0.1) is 4.90 Å². The molecule has 150 valence electrons. The molecule has 1 aliphatic rings. The number of hydrogen-bond donors (Lipinski definition) is 0. The molecule has 6 nitrogen and oxygen atoms in total. The molecular formula is C20H23FN2O4S.